The molecule has 3 aromatic rings. The second-order valence-electron chi connectivity index (χ2n) is 6.15. The highest BCUT2D eigenvalue weighted by Gasteiger charge is 2.15. The molecule has 0 aliphatic rings. The molecule has 3 rings (SSSR count). The zero-order valence-corrected chi connectivity index (χ0v) is 15.6. The third-order valence-corrected chi connectivity index (χ3v) is 4.14. The quantitative estimate of drug-likeness (QED) is 0.521. The molecule has 136 valence electrons. The zero-order chi connectivity index (χ0) is 19.9. The van der Waals surface area contributed by atoms with Crippen LogP contribution in [-0.4, -0.2) is 9.97 Å². The van der Waals surface area contributed by atoms with Gasteiger partial charge in [0.1, 0.15) is 0 Å². The van der Waals surface area contributed by atoms with Gasteiger partial charge in [-0.3, -0.25) is 5.43 Å². The van der Waals surface area contributed by atoms with Crippen molar-refractivity contribution >= 4 is 23.4 Å². The first-order valence-corrected chi connectivity index (χ1v) is 8.64. The summed E-state index contributed by atoms with van der Waals surface area (Å²) < 4.78 is 0. The van der Waals surface area contributed by atoms with Crippen molar-refractivity contribution < 1.29 is 0 Å². The van der Waals surface area contributed by atoms with E-state index in [0.717, 1.165) is 28.1 Å². The maximum Gasteiger partial charge on any atom is 0.249 e. The maximum atomic E-state index is 9.05. The highest BCUT2D eigenvalue weighted by molar-refractivity contribution is 5.70. The molecule has 2 aromatic carbocycles. The van der Waals surface area contributed by atoms with Crippen LogP contribution in [0.25, 0.3) is 6.08 Å². The van der Waals surface area contributed by atoms with Gasteiger partial charge in [0.2, 0.25) is 5.95 Å². The minimum Gasteiger partial charge on any atom is -0.291 e. The molecule has 0 radical (unpaired) electrons. The Labute approximate surface area is 164 Å². The van der Waals surface area contributed by atoms with Gasteiger partial charge in [0.05, 0.1) is 29.1 Å². The summed E-state index contributed by atoms with van der Waals surface area (Å²) in [6, 6.07) is 17.1. The summed E-state index contributed by atoms with van der Waals surface area (Å²) >= 11 is 0. The van der Waals surface area contributed by atoms with E-state index < -0.39 is 0 Å². The lowest BCUT2D eigenvalue weighted by atomic mass is 10.0. The van der Waals surface area contributed by atoms with E-state index in [0.29, 0.717) is 11.5 Å². The topological polar surface area (TPSA) is 88.6 Å². The van der Waals surface area contributed by atoms with Gasteiger partial charge >= 0.3 is 0 Å². The molecule has 0 saturated carbocycles. The number of allylic oxidation sites excluding steroid dienone is 1. The Morgan fingerprint density at radius 3 is 2.21 bits per heavy atom. The van der Waals surface area contributed by atoms with Crippen LogP contribution in [0.15, 0.2) is 60.9 Å². The van der Waals surface area contributed by atoms with Gasteiger partial charge in [0.15, 0.2) is 0 Å². The summed E-state index contributed by atoms with van der Waals surface area (Å²) in [5.41, 5.74) is 8.71. The van der Waals surface area contributed by atoms with E-state index in [1.807, 2.05) is 44.2 Å². The van der Waals surface area contributed by atoms with Crippen molar-refractivity contribution in [2.75, 3.05) is 10.4 Å². The monoisotopic (exact) mass is 366 g/mol. The average Bonchev–Trinajstić information content (AvgIpc) is 2.72. The number of hydrogen-bond acceptors (Lipinski definition) is 6. The molecule has 0 unspecified atom stereocenters. The van der Waals surface area contributed by atoms with Crippen molar-refractivity contribution in [2.45, 2.75) is 13.8 Å². The third kappa shape index (κ3) is 4.14. The van der Waals surface area contributed by atoms with Crippen molar-refractivity contribution in [1.29, 1.82) is 10.5 Å². The molecule has 0 saturated heterocycles. The van der Waals surface area contributed by atoms with E-state index >= 15 is 0 Å². The van der Waals surface area contributed by atoms with Crippen LogP contribution in [0.5, 0.6) is 0 Å². The second-order valence-corrected chi connectivity index (χ2v) is 6.15. The minimum absolute atomic E-state index is 0.486. The molecule has 1 heterocycles. The highest BCUT2D eigenvalue weighted by Crippen LogP contribution is 2.28. The molecule has 6 heteroatoms. The molecular formula is C22H18N6. The molecule has 0 aliphatic carbocycles. The lowest BCUT2D eigenvalue weighted by molar-refractivity contribution is 1.02. The van der Waals surface area contributed by atoms with Crippen LogP contribution in [-0.2, 0) is 0 Å². The first-order valence-electron chi connectivity index (χ1n) is 8.64. The molecule has 0 fully saturated rings. The first kappa shape index (κ1) is 18.6. The van der Waals surface area contributed by atoms with E-state index in [2.05, 4.69) is 21.5 Å². The molecule has 0 bridgehead atoms. The molecule has 1 N–H and O–H groups in total. The molecule has 28 heavy (non-hydrogen) atoms. The van der Waals surface area contributed by atoms with Crippen LogP contribution in [0.3, 0.4) is 0 Å². The van der Waals surface area contributed by atoms with Crippen LogP contribution >= 0.6 is 0 Å². The lowest BCUT2D eigenvalue weighted by Crippen LogP contribution is -2.27. The van der Waals surface area contributed by atoms with Crippen LogP contribution in [0.4, 0.5) is 17.3 Å². The van der Waals surface area contributed by atoms with Crippen molar-refractivity contribution in [3.8, 4) is 12.1 Å². The van der Waals surface area contributed by atoms with E-state index in [9.17, 15) is 0 Å². The fourth-order valence-electron chi connectivity index (χ4n) is 2.84. The van der Waals surface area contributed by atoms with Gasteiger partial charge in [0.25, 0.3) is 0 Å². The number of benzene rings is 2. The predicted molar refractivity (Wildman–Crippen MR) is 110 cm³/mol. The van der Waals surface area contributed by atoms with E-state index in [1.165, 1.54) is 6.08 Å². The number of aromatic nitrogens is 2. The molecule has 1 aromatic heterocycles. The smallest absolute Gasteiger partial charge is 0.249 e. The van der Waals surface area contributed by atoms with Gasteiger partial charge in [-0.1, -0.05) is 0 Å². The van der Waals surface area contributed by atoms with Crippen LogP contribution in [0, 0.1) is 36.5 Å². The standard InChI is InChI=1S/C22H18N6/c1-16-13-19(5-3-10-23)14-17(2)21(16)27-28(22-25-11-4-12-26-22)20-8-6-18(15-24)7-9-20/h3-9,11-14,27H,1-2H3. The van der Waals surface area contributed by atoms with Crippen molar-refractivity contribution in [1.82, 2.24) is 9.97 Å². The lowest BCUT2D eigenvalue weighted by Gasteiger charge is -2.26. The Morgan fingerprint density at radius 2 is 1.64 bits per heavy atom. The first-order chi connectivity index (χ1) is 13.6. The summed E-state index contributed by atoms with van der Waals surface area (Å²) in [6.45, 7) is 4.00. The van der Waals surface area contributed by atoms with Gasteiger partial charge in [-0.05, 0) is 79.1 Å². The van der Waals surface area contributed by atoms with Crippen molar-refractivity contribution in [2.24, 2.45) is 0 Å². The van der Waals surface area contributed by atoms with Gasteiger partial charge < -0.3 is 0 Å². The fraction of sp³-hybridized carbons (Fsp3) is 0.0909. The van der Waals surface area contributed by atoms with Gasteiger partial charge in [-0.25, -0.2) is 15.0 Å². The molecule has 6 nitrogen and oxygen atoms in total. The maximum absolute atomic E-state index is 9.05. The summed E-state index contributed by atoms with van der Waals surface area (Å²) in [5.74, 6) is 0.486. The van der Waals surface area contributed by atoms with Crippen LogP contribution in [0.1, 0.15) is 22.3 Å². The highest BCUT2D eigenvalue weighted by atomic mass is 15.5. The molecule has 0 amide bonds. The molecule has 0 aliphatic heterocycles. The number of hydrazine groups is 1. The molecule has 0 atom stereocenters. The minimum atomic E-state index is 0.486. The number of anilines is 3. The summed E-state index contributed by atoms with van der Waals surface area (Å²) in [4.78, 5) is 8.70. The number of aryl methyl sites for hydroxylation is 2. The number of hydrogen-bond donors (Lipinski definition) is 1. The summed E-state index contributed by atoms with van der Waals surface area (Å²) in [5, 5.41) is 19.6. The summed E-state index contributed by atoms with van der Waals surface area (Å²) in [6.07, 6.45) is 6.59. The average molecular weight is 366 g/mol. The Hall–Kier alpha value is -4.16. The van der Waals surface area contributed by atoms with Gasteiger partial charge in [-0.15, -0.1) is 0 Å². The third-order valence-electron chi connectivity index (χ3n) is 4.14. The van der Waals surface area contributed by atoms with Gasteiger partial charge in [0, 0.05) is 18.5 Å². The fourth-order valence-corrected chi connectivity index (χ4v) is 2.84. The number of nitriles is 2. The summed E-state index contributed by atoms with van der Waals surface area (Å²) in [7, 11) is 0. The predicted octanol–water partition coefficient (Wildman–Crippen LogP) is 4.67. The Kier molecular flexibility index (Phi) is 5.64. The van der Waals surface area contributed by atoms with Crippen molar-refractivity contribution in [3.63, 3.8) is 0 Å². The van der Waals surface area contributed by atoms with Crippen LogP contribution in [0.2, 0.25) is 0 Å². The van der Waals surface area contributed by atoms with Gasteiger partial charge in [-0.2, -0.15) is 10.5 Å². The molecule has 0 spiro atoms. The Morgan fingerprint density at radius 1 is 1.00 bits per heavy atom. The number of nitrogens with one attached hydrogen (secondary N) is 1. The van der Waals surface area contributed by atoms with E-state index in [-0.39, 0.29) is 0 Å². The van der Waals surface area contributed by atoms with Crippen molar-refractivity contribution in [3.05, 3.63) is 83.2 Å². The number of nitrogens with zero attached hydrogens (tertiary/aromatic N) is 5. The Bertz CT molecular complexity index is 1050. The zero-order valence-electron chi connectivity index (χ0n) is 15.6. The SMILES string of the molecule is Cc1cc(C=CC#N)cc(C)c1NN(c1ccc(C#N)cc1)c1ncccn1. The Balaban J connectivity index is 2.02. The normalized spacial score (nSPS) is 10.3. The second kappa shape index (κ2) is 8.48. The molecular weight excluding hydrogens is 348 g/mol. The van der Waals surface area contributed by atoms with Crippen LogP contribution < -0.4 is 10.4 Å². The van der Waals surface area contributed by atoms with E-state index in [4.69, 9.17) is 10.5 Å². The number of rotatable bonds is 5. The largest absolute Gasteiger partial charge is 0.291 e. The van der Waals surface area contributed by atoms with E-state index in [1.54, 1.807) is 41.7 Å².